The summed E-state index contributed by atoms with van der Waals surface area (Å²) >= 11 is 0. The molecule has 0 bridgehead atoms. The monoisotopic (exact) mass is 294 g/mol. The molecule has 7 heteroatoms. The number of hydrogen-bond donors (Lipinski definition) is 3. The largest absolute Gasteiger partial charge is 0.480 e. The van der Waals surface area contributed by atoms with E-state index in [9.17, 15) is 9.90 Å². The standard InChI is InChI=1S/C14H22N4O3/c1-18(11-4-2-3-5-12(11)19)9-10-6-15-14(16-7-10)17-8-13(20)21/h6-7,11-12,19H,2-5,8-9H2,1H3,(H,20,21)(H,15,16,17)/t11-,12+/m1/s1. The molecule has 116 valence electrons. The van der Waals surface area contributed by atoms with Gasteiger partial charge in [-0.05, 0) is 19.9 Å². The normalized spacial score (nSPS) is 22.2. The van der Waals surface area contributed by atoms with Crippen LogP contribution in [-0.2, 0) is 11.3 Å². The summed E-state index contributed by atoms with van der Waals surface area (Å²) < 4.78 is 0. The first-order valence-electron chi connectivity index (χ1n) is 7.21. The zero-order chi connectivity index (χ0) is 15.2. The molecule has 2 atom stereocenters. The lowest BCUT2D eigenvalue weighted by atomic mass is 9.91. The number of aromatic nitrogens is 2. The topological polar surface area (TPSA) is 98.6 Å². The number of nitrogens with one attached hydrogen (secondary N) is 1. The predicted molar refractivity (Wildman–Crippen MR) is 77.9 cm³/mol. The number of rotatable bonds is 6. The van der Waals surface area contributed by atoms with Crippen LogP contribution in [0.5, 0.6) is 0 Å². The van der Waals surface area contributed by atoms with E-state index in [0.717, 1.165) is 31.2 Å². The average molecular weight is 294 g/mol. The third-order valence-corrected chi connectivity index (χ3v) is 3.80. The van der Waals surface area contributed by atoms with Crippen LogP contribution in [0.3, 0.4) is 0 Å². The molecule has 1 aromatic heterocycles. The lowest BCUT2D eigenvalue weighted by molar-refractivity contribution is -0.134. The first-order valence-corrected chi connectivity index (χ1v) is 7.21. The number of aliphatic hydroxyl groups excluding tert-OH is 1. The highest BCUT2D eigenvalue weighted by molar-refractivity contribution is 5.71. The average Bonchev–Trinajstić information content (AvgIpc) is 2.47. The van der Waals surface area contributed by atoms with Gasteiger partial charge in [0.15, 0.2) is 0 Å². The van der Waals surface area contributed by atoms with Crippen molar-refractivity contribution < 1.29 is 15.0 Å². The van der Waals surface area contributed by atoms with Crippen molar-refractivity contribution in [3.05, 3.63) is 18.0 Å². The smallest absolute Gasteiger partial charge is 0.322 e. The minimum absolute atomic E-state index is 0.184. The molecule has 1 saturated carbocycles. The second-order valence-corrected chi connectivity index (χ2v) is 5.50. The van der Waals surface area contributed by atoms with E-state index >= 15 is 0 Å². The molecule has 21 heavy (non-hydrogen) atoms. The summed E-state index contributed by atoms with van der Waals surface area (Å²) in [7, 11) is 2.00. The molecule has 1 aromatic rings. The SMILES string of the molecule is CN(Cc1cnc(NCC(=O)O)nc1)[C@@H]1CCCC[C@@H]1O. The van der Waals surface area contributed by atoms with E-state index in [1.165, 1.54) is 0 Å². The molecule has 1 heterocycles. The van der Waals surface area contributed by atoms with Crippen molar-refractivity contribution in [2.75, 3.05) is 18.9 Å². The van der Waals surface area contributed by atoms with E-state index in [-0.39, 0.29) is 18.7 Å². The van der Waals surface area contributed by atoms with E-state index < -0.39 is 5.97 Å². The van der Waals surface area contributed by atoms with Gasteiger partial charge in [-0.1, -0.05) is 12.8 Å². The minimum Gasteiger partial charge on any atom is -0.480 e. The Morgan fingerprint density at radius 1 is 1.38 bits per heavy atom. The maximum Gasteiger partial charge on any atom is 0.322 e. The quantitative estimate of drug-likeness (QED) is 0.710. The summed E-state index contributed by atoms with van der Waals surface area (Å²) in [5.74, 6) is -0.643. The molecule has 0 spiro atoms. The third-order valence-electron chi connectivity index (χ3n) is 3.80. The van der Waals surface area contributed by atoms with Crippen molar-refractivity contribution in [1.29, 1.82) is 0 Å². The van der Waals surface area contributed by atoms with Crippen LogP contribution in [-0.4, -0.2) is 56.8 Å². The van der Waals surface area contributed by atoms with Crippen molar-refractivity contribution in [2.24, 2.45) is 0 Å². The number of carboxylic acid groups (broad SMARTS) is 1. The molecule has 0 aliphatic heterocycles. The molecule has 1 aliphatic rings. The fraction of sp³-hybridized carbons (Fsp3) is 0.643. The van der Waals surface area contributed by atoms with Crippen LogP contribution >= 0.6 is 0 Å². The Labute approximate surface area is 124 Å². The van der Waals surface area contributed by atoms with E-state index in [1.54, 1.807) is 12.4 Å². The Balaban J connectivity index is 1.88. The van der Waals surface area contributed by atoms with E-state index in [1.807, 2.05) is 7.05 Å². The van der Waals surface area contributed by atoms with E-state index in [4.69, 9.17) is 5.11 Å². The van der Waals surface area contributed by atoms with Crippen LogP contribution in [0.2, 0.25) is 0 Å². The summed E-state index contributed by atoms with van der Waals surface area (Å²) in [6.07, 6.45) is 7.23. The first kappa shape index (κ1) is 15.7. The lowest BCUT2D eigenvalue weighted by Gasteiger charge is -2.35. The molecule has 1 fully saturated rings. The molecule has 1 aliphatic carbocycles. The maximum absolute atomic E-state index is 10.4. The lowest BCUT2D eigenvalue weighted by Crippen LogP contribution is -2.42. The molecule has 0 saturated heterocycles. The van der Waals surface area contributed by atoms with Gasteiger partial charge >= 0.3 is 5.97 Å². The third kappa shape index (κ3) is 4.64. The van der Waals surface area contributed by atoms with Gasteiger partial charge in [-0.3, -0.25) is 9.69 Å². The van der Waals surface area contributed by atoms with Crippen LogP contribution < -0.4 is 5.32 Å². The predicted octanol–water partition coefficient (Wildman–Crippen LogP) is 0.708. The van der Waals surface area contributed by atoms with Crippen LogP contribution in [0, 0.1) is 0 Å². The van der Waals surface area contributed by atoms with E-state index in [2.05, 4.69) is 20.2 Å². The van der Waals surface area contributed by atoms with Crippen molar-refractivity contribution in [1.82, 2.24) is 14.9 Å². The molecule has 7 nitrogen and oxygen atoms in total. The van der Waals surface area contributed by atoms with Crippen molar-refractivity contribution in [2.45, 2.75) is 44.4 Å². The van der Waals surface area contributed by atoms with E-state index in [0.29, 0.717) is 12.5 Å². The minimum atomic E-state index is -0.950. The van der Waals surface area contributed by atoms with Gasteiger partial charge in [-0.25, -0.2) is 9.97 Å². The molecule has 0 amide bonds. The second kappa shape index (κ2) is 7.33. The van der Waals surface area contributed by atoms with Gasteiger partial charge in [0, 0.05) is 30.5 Å². The summed E-state index contributed by atoms with van der Waals surface area (Å²) in [6.45, 7) is 0.467. The number of nitrogens with zero attached hydrogens (tertiary/aromatic N) is 3. The zero-order valence-electron chi connectivity index (χ0n) is 12.2. The Bertz CT molecular complexity index is 466. The number of likely N-dealkylation sites (N-methyl/N-ethyl adjacent to an activating group) is 1. The van der Waals surface area contributed by atoms with Gasteiger partial charge in [0.05, 0.1) is 6.10 Å². The number of hydrogen-bond acceptors (Lipinski definition) is 6. The second-order valence-electron chi connectivity index (χ2n) is 5.50. The molecular formula is C14H22N4O3. The van der Waals surface area contributed by atoms with Gasteiger partial charge < -0.3 is 15.5 Å². The van der Waals surface area contributed by atoms with Gasteiger partial charge in [-0.2, -0.15) is 0 Å². The maximum atomic E-state index is 10.4. The summed E-state index contributed by atoms with van der Waals surface area (Å²) in [5.41, 5.74) is 0.941. The van der Waals surface area contributed by atoms with Crippen molar-refractivity contribution >= 4 is 11.9 Å². The molecule has 0 unspecified atom stereocenters. The van der Waals surface area contributed by atoms with Crippen LogP contribution in [0.15, 0.2) is 12.4 Å². The number of carbonyl (C=O) groups is 1. The number of carboxylic acids is 1. The van der Waals surface area contributed by atoms with Crippen LogP contribution in [0.1, 0.15) is 31.2 Å². The van der Waals surface area contributed by atoms with Gasteiger partial charge in [0.2, 0.25) is 5.95 Å². The first-order chi connectivity index (χ1) is 10.1. The Morgan fingerprint density at radius 2 is 2.05 bits per heavy atom. The molecule has 0 radical (unpaired) electrons. The van der Waals surface area contributed by atoms with Gasteiger partial charge in [0.25, 0.3) is 0 Å². The molecule has 0 aromatic carbocycles. The molecular weight excluding hydrogens is 272 g/mol. The fourth-order valence-corrected chi connectivity index (χ4v) is 2.69. The van der Waals surface area contributed by atoms with Crippen molar-refractivity contribution in [3.8, 4) is 0 Å². The summed E-state index contributed by atoms with van der Waals surface area (Å²) in [4.78, 5) is 20.8. The molecule has 3 N–H and O–H groups in total. The number of aliphatic hydroxyl groups is 1. The van der Waals surface area contributed by atoms with Gasteiger partial charge in [0.1, 0.15) is 6.54 Å². The van der Waals surface area contributed by atoms with Crippen molar-refractivity contribution in [3.63, 3.8) is 0 Å². The molecule has 2 rings (SSSR count). The number of anilines is 1. The summed E-state index contributed by atoms with van der Waals surface area (Å²) in [6, 6.07) is 0.184. The Morgan fingerprint density at radius 3 is 2.67 bits per heavy atom. The summed E-state index contributed by atoms with van der Waals surface area (Å²) in [5, 5.41) is 21.2. The Kier molecular flexibility index (Phi) is 5.46. The van der Waals surface area contributed by atoms with Crippen LogP contribution in [0.25, 0.3) is 0 Å². The fourth-order valence-electron chi connectivity index (χ4n) is 2.69. The zero-order valence-corrected chi connectivity index (χ0v) is 12.2. The highest BCUT2D eigenvalue weighted by Crippen LogP contribution is 2.23. The number of aliphatic carboxylic acids is 1. The highest BCUT2D eigenvalue weighted by Gasteiger charge is 2.26. The highest BCUT2D eigenvalue weighted by atomic mass is 16.4. The van der Waals surface area contributed by atoms with Crippen LogP contribution in [0.4, 0.5) is 5.95 Å². The Hall–Kier alpha value is -1.73. The van der Waals surface area contributed by atoms with Gasteiger partial charge in [-0.15, -0.1) is 0 Å².